The van der Waals surface area contributed by atoms with Gasteiger partial charge in [-0.1, -0.05) is 19.1 Å². The number of pyridine rings is 1. The predicted octanol–water partition coefficient (Wildman–Crippen LogP) is 2.72. The van der Waals surface area contributed by atoms with Crippen molar-refractivity contribution in [1.29, 1.82) is 0 Å². The van der Waals surface area contributed by atoms with Crippen molar-refractivity contribution in [2.75, 3.05) is 13.7 Å². The topological polar surface area (TPSA) is 71.5 Å². The van der Waals surface area contributed by atoms with E-state index in [1.807, 2.05) is 24.3 Å². The van der Waals surface area contributed by atoms with Crippen molar-refractivity contribution in [1.82, 2.24) is 10.3 Å². The maximum Gasteiger partial charge on any atom is 0.252 e. The molecule has 0 saturated carbocycles. The summed E-state index contributed by atoms with van der Waals surface area (Å²) in [5.41, 5.74) is 1.56. The first-order valence-electron chi connectivity index (χ1n) is 7.16. The Balaban J connectivity index is 1.83. The van der Waals surface area contributed by atoms with E-state index in [1.54, 1.807) is 7.11 Å². The van der Waals surface area contributed by atoms with Gasteiger partial charge in [0.1, 0.15) is 11.5 Å². The molecule has 5 heteroatoms. The zero-order chi connectivity index (χ0) is 15.9. The van der Waals surface area contributed by atoms with Crippen molar-refractivity contribution in [3.05, 3.63) is 53.9 Å². The van der Waals surface area contributed by atoms with E-state index in [0.29, 0.717) is 18.0 Å². The molecule has 0 fully saturated rings. The van der Waals surface area contributed by atoms with Crippen LogP contribution in [-0.2, 0) is 0 Å². The highest BCUT2D eigenvalue weighted by Gasteiger charge is 2.09. The minimum absolute atomic E-state index is 0.0146. The fraction of sp³-hybridized carbons (Fsp3) is 0.294. The minimum Gasteiger partial charge on any atom is -0.506 e. The Morgan fingerprint density at radius 3 is 2.68 bits per heavy atom. The van der Waals surface area contributed by atoms with E-state index in [4.69, 9.17) is 4.74 Å². The molecule has 0 radical (unpaired) electrons. The molecule has 0 spiro atoms. The Hall–Kier alpha value is -2.56. The molecule has 0 bridgehead atoms. The number of carbonyl (C=O) groups excluding carboxylic acids is 1. The van der Waals surface area contributed by atoms with Gasteiger partial charge >= 0.3 is 0 Å². The normalized spacial score (nSPS) is 11.7. The van der Waals surface area contributed by atoms with Gasteiger partial charge in [-0.3, -0.25) is 9.78 Å². The zero-order valence-electron chi connectivity index (χ0n) is 12.7. The number of carbonyl (C=O) groups is 1. The molecule has 1 aromatic carbocycles. The van der Waals surface area contributed by atoms with Crippen LogP contribution in [0.3, 0.4) is 0 Å². The summed E-state index contributed by atoms with van der Waals surface area (Å²) in [6.07, 6.45) is 3.55. The van der Waals surface area contributed by atoms with E-state index in [9.17, 15) is 9.90 Å². The second-order valence-corrected chi connectivity index (χ2v) is 5.15. The third kappa shape index (κ3) is 4.22. The zero-order valence-corrected chi connectivity index (χ0v) is 12.7. The van der Waals surface area contributed by atoms with Gasteiger partial charge in [0.15, 0.2) is 0 Å². The fourth-order valence-electron chi connectivity index (χ4n) is 2.16. The smallest absolute Gasteiger partial charge is 0.252 e. The molecule has 0 aliphatic heterocycles. The van der Waals surface area contributed by atoms with E-state index in [-0.39, 0.29) is 11.7 Å². The van der Waals surface area contributed by atoms with Crippen LogP contribution in [0.5, 0.6) is 11.5 Å². The third-order valence-electron chi connectivity index (χ3n) is 3.53. The van der Waals surface area contributed by atoms with Crippen molar-refractivity contribution in [3.63, 3.8) is 0 Å². The number of hydrogen-bond acceptors (Lipinski definition) is 4. The van der Waals surface area contributed by atoms with Gasteiger partial charge in [-0.15, -0.1) is 0 Å². The Kier molecular flexibility index (Phi) is 5.36. The van der Waals surface area contributed by atoms with E-state index in [2.05, 4.69) is 17.2 Å². The van der Waals surface area contributed by atoms with Crippen LogP contribution < -0.4 is 10.1 Å². The van der Waals surface area contributed by atoms with Crippen LogP contribution >= 0.6 is 0 Å². The molecule has 0 saturated heterocycles. The van der Waals surface area contributed by atoms with Crippen LogP contribution in [-0.4, -0.2) is 29.7 Å². The molecule has 5 nitrogen and oxygen atoms in total. The molecule has 116 valence electrons. The highest BCUT2D eigenvalue weighted by Crippen LogP contribution is 2.21. The van der Waals surface area contributed by atoms with Crippen LogP contribution in [0.15, 0.2) is 42.7 Å². The maximum absolute atomic E-state index is 11.9. The molecule has 1 atom stereocenters. The molecule has 0 unspecified atom stereocenters. The summed E-state index contributed by atoms with van der Waals surface area (Å²) in [6.45, 7) is 2.67. The molecule has 0 aliphatic rings. The minimum atomic E-state index is -0.231. The van der Waals surface area contributed by atoms with Gasteiger partial charge in [-0.2, -0.15) is 0 Å². The van der Waals surface area contributed by atoms with Crippen LogP contribution in [0.25, 0.3) is 0 Å². The van der Waals surface area contributed by atoms with Crippen LogP contribution in [0.2, 0.25) is 0 Å². The summed E-state index contributed by atoms with van der Waals surface area (Å²) in [6, 6.07) is 9.33. The lowest BCUT2D eigenvalue weighted by Gasteiger charge is -2.13. The lowest BCUT2D eigenvalue weighted by molar-refractivity contribution is 0.0952. The Bertz CT molecular complexity index is 626. The van der Waals surface area contributed by atoms with E-state index >= 15 is 0 Å². The van der Waals surface area contributed by atoms with Crippen LogP contribution in [0.1, 0.15) is 35.2 Å². The first-order valence-corrected chi connectivity index (χ1v) is 7.16. The summed E-state index contributed by atoms with van der Waals surface area (Å²) in [7, 11) is 1.64. The SMILES string of the molecule is COc1ccc([C@H](C)CCNC(=O)c2cncc(O)c2)cc1. The summed E-state index contributed by atoms with van der Waals surface area (Å²) >= 11 is 0. The maximum atomic E-state index is 11.9. The van der Waals surface area contributed by atoms with E-state index < -0.39 is 0 Å². The molecule has 0 aliphatic carbocycles. The largest absolute Gasteiger partial charge is 0.506 e. The second kappa shape index (κ2) is 7.45. The standard InChI is InChI=1S/C17H20N2O3/c1-12(13-3-5-16(22-2)6-4-13)7-8-19-17(21)14-9-15(20)11-18-10-14/h3-6,9-12,20H,7-8H2,1-2H3,(H,19,21)/t12-/m1/s1. The molecule has 2 rings (SSSR count). The van der Waals surface area contributed by atoms with Crippen molar-refractivity contribution >= 4 is 5.91 Å². The van der Waals surface area contributed by atoms with Gasteiger partial charge in [0.2, 0.25) is 0 Å². The van der Waals surface area contributed by atoms with Crippen molar-refractivity contribution in [3.8, 4) is 11.5 Å². The monoisotopic (exact) mass is 300 g/mol. The van der Waals surface area contributed by atoms with Gasteiger partial charge in [0.05, 0.1) is 18.9 Å². The first kappa shape index (κ1) is 15.8. The van der Waals surface area contributed by atoms with E-state index in [0.717, 1.165) is 12.2 Å². The molecule has 2 aromatic rings. The lowest BCUT2D eigenvalue weighted by Crippen LogP contribution is -2.25. The summed E-state index contributed by atoms with van der Waals surface area (Å²) in [5.74, 6) is 0.915. The molecular weight excluding hydrogens is 280 g/mol. The number of benzene rings is 1. The average molecular weight is 300 g/mol. The van der Waals surface area contributed by atoms with Crippen LogP contribution in [0.4, 0.5) is 0 Å². The Labute approximate surface area is 130 Å². The third-order valence-corrected chi connectivity index (χ3v) is 3.53. The molecule has 22 heavy (non-hydrogen) atoms. The molecule has 1 aromatic heterocycles. The average Bonchev–Trinajstić information content (AvgIpc) is 2.54. The molecule has 1 heterocycles. The van der Waals surface area contributed by atoms with Crippen molar-refractivity contribution < 1.29 is 14.6 Å². The number of aromatic nitrogens is 1. The van der Waals surface area contributed by atoms with Gasteiger partial charge in [-0.25, -0.2) is 0 Å². The number of rotatable bonds is 6. The highest BCUT2D eigenvalue weighted by molar-refractivity contribution is 5.94. The summed E-state index contributed by atoms with van der Waals surface area (Å²) in [5, 5.41) is 12.1. The molecule has 2 N–H and O–H groups in total. The molecule has 1 amide bonds. The highest BCUT2D eigenvalue weighted by atomic mass is 16.5. The van der Waals surface area contributed by atoms with Crippen molar-refractivity contribution in [2.24, 2.45) is 0 Å². The van der Waals surface area contributed by atoms with Crippen molar-refractivity contribution in [2.45, 2.75) is 19.3 Å². The number of nitrogens with zero attached hydrogens (tertiary/aromatic N) is 1. The Morgan fingerprint density at radius 1 is 1.32 bits per heavy atom. The number of amides is 1. The lowest BCUT2D eigenvalue weighted by atomic mass is 9.98. The summed E-state index contributed by atoms with van der Waals surface area (Å²) < 4.78 is 5.14. The first-order chi connectivity index (χ1) is 10.6. The number of aromatic hydroxyl groups is 1. The number of methoxy groups -OCH3 is 1. The number of hydrogen-bond donors (Lipinski definition) is 2. The van der Waals surface area contributed by atoms with E-state index in [1.165, 1.54) is 24.0 Å². The Morgan fingerprint density at radius 2 is 2.05 bits per heavy atom. The quantitative estimate of drug-likeness (QED) is 0.860. The van der Waals surface area contributed by atoms with Gasteiger partial charge in [0.25, 0.3) is 5.91 Å². The van der Waals surface area contributed by atoms with Crippen LogP contribution in [0, 0.1) is 0 Å². The van der Waals surface area contributed by atoms with Gasteiger partial charge < -0.3 is 15.2 Å². The predicted molar refractivity (Wildman–Crippen MR) is 84.3 cm³/mol. The molecular formula is C17H20N2O3. The second-order valence-electron chi connectivity index (χ2n) is 5.15. The van der Waals surface area contributed by atoms with Gasteiger partial charge in [0, 0.05) is 12.7 Å². The number of nitrogens with one attached hydrogen (secondary N) is 1. The summed E-state index contributed by atoms with van der Waals surface area (Å²) in [4.78, 5) is 15.7. The van der Waals surface area contributed by atoms with Gasteiger partial charge in [-0.05, 0) is 36.1 Å². The fourth-order valence-corrected chi connectivity index (χ4v) is 2.16. The number of ether oxygens (including phenoxy) is 1.